The number of hydrogen-bond donors (Lipinski definition) is 1. The Morgan fingerprint density at radius 1 is 1.26 bits per heavy atom. The van der Waals surface area contributed by atoms with Gasteiger partial charge in [0.05, 0.1) is 19.6 Å². The lowest BCUT2D eigenvalue weighted by atomic mass is 9.82. The predicted octanol–water partition coefficient (Wildman–Crippen LogP) is 1.22. The molecule has 3 heterocycles. The van der Waals surface area contributed by atoms with Gasteiger partial charge in [0.2, 0.25) is 5.91 Å². The molecule has 1 amide bonds. The molecule has 2 fully saturated rings. The van der Waals surface area contributed by atoms with Crippen LogP contribution in [0.2, 0.25) is 0 Å². The van der Waals surface area contributed by atoms with Crippen molar-refractivity contribution in [3.8, 4) is 0 Å². The van der Waals surface area contributed by atoms with E-state index in [0.717, 1.165) is 37.6 Å². The maximum atomic E-state index is 12.8. The first kappa shape index (κ1) is 18.2. The highest BCUT2D eigenvalue weighted by atomic mass is 16.3. The van der Waals surface area contributed by atoms with Crippen LogP contribution in [-0.4, -0.2) is 63.2 Å². The van der Waals surface area contributed by atoms with Gasteiger partial charge in [-0.1, -0.05) is 29.8 Å². The standard InChI is InChI=1S/C21H28N4O2/c1-16-3-5-17(6-4-16)9-20(27)25-11-18-10-24(13-21(18,14-25)15-26)12-19-22-7-8-23(19)2/h3-8,18,26H,9-15H2,1-2H3. The molecule has 1 aromatic carbocycles. The molecule has 2 aliphatic rings. The number of benzene rings is 1. The number of aromatic nitrogens is 2. The zero-order chi connectivity index (χ0) is 19.0. The minimum Gasteiger partial charge on any atom is -0.396 e. The Balaban J connectivity index is 1.39. The van der Waals surface area contributed by atoms with E-state index in [-0.39, 0.29) is 17.9 Å². The zero-order valence-corrected chi connectivity index (χ0v) is 16.1. The van der Waals surface area contributed by atoms with Gasteiger partial charge < -0.3 is 14.6 Å². The second-order valence-corrected chi connectivity index (χ2v) is 8.28. The Hall–Kier alpha value is -2.18. The summed E-state index contributed by atoms with van der Waals surface area (Å²) >= 11 is 0. The number of imidazole rings is 1. The Labute approximate surface area is 160 Å². The topological polar surface area (TPSA) is 61.6 Å². The molecule has 2 aliphatic heterocycles. The number of hydrogen-bond acceptors (Lipinski definition) is 4. The van der Waals surface area contributed by atoms with Gasteiger partial charge in [-0.25, -0.2) is 4.98 Å². The van der Waals surface area contributed by atoms with Crippen molar-refractivity contribution in [2.75, 3.05) is 32.8 Å². The average Bonchev–Trinajstić information content (AvgIpc) is 3.30. The number of aryl methyl sites for hydroxylation is 2. The van der Waals surface area contributed by atoms with Gasteiger partial charge in [0.15, 0.2) is 0 Å². The monoisotopic (exact) mass is 368 g/mol. The van der Waals surface area contributed by atoms with Crippen LogP contribution in [0.15, 0.2) is 36.7 Å². The Bertz CT molecular complexity index is 816. The van der Waals surface area contributed by atoms with Crippen molar-refractivity contribution in [2.45, 2.75) is 19.9 Å². The molecule has 1 aromatic heterocycles. The maximum absolute atomic E-state index is 12.8. The first-order valence-corrected chi connectivity index (χ1v) is 9.62. The van der Waals surface area contributed by atoms with Crippen LogP contribution in [0.3, 0.4) is 0 Å². The molecule has 0 spiro atoms. The third kappa shape index (κ3) is 3.51. The molecule has 6 nitrogen and oxygen atoms in total. The van der Waals surface area contributed by atoms with Crippen LogP contribution in [0.25, 0.3) is 0 Å². The van der Waals surface area contributed by atoms with Crippen LogP contribution in [0, 0.1) is 18.3 Å². The lowest BCUT2D eigenvalue weighted by Crippen LogP contribution is -2.39. The summed E-state index contributed by atoms with van der Waals surface area (Å²) in [6.45, 7) is 6.08. The second kappa shape index (κ2) is 7.09. The molecule has 1 N–H and O–H groups in total. The molecule has 0 bridgehead atoms. The summed E-state index contributed by atoms with van der Waals surface area (Å²) in [6, 6.07) is 8.15. The van der Waals surface area contributed by atoms with E-state index in [0.29, 0.717) is 18.9 Å². The number of nitrogens with zero attached hydrogens (tertiary/aromatic N) is 4. The van der Waals surface area contributed by atoms with Crippen LogP contribution in [0.5, 0.6) is 0 Å². The van der Waals surface area contributed by atoms with E-state index in [4.69, 9.17) is 0 Å². The number of rotatable bonds is 5. The molecular weight excluding hydrogens is 340 g/mol. The first-order chi connectivity index (χ1) is 13.0. The average molecular weight is 368 g/mol. The van der Waals surface area contributed by atoms with Crippen LogP contribution in [0.4, 0.5) is 0 Å². The number of amides is 1. The third-order valence-electron chi connectivity index (χ3n) is 6.26. The van der Waals surface area contributed by atoms with E-state index in [1.165, 1.54) is 5.56 Å². The number of carbonyl (C=O) groups excluding carboxylic acids is 1. The molecule has 144 valence electrons. The zero-order valence-electron chi connectivity index (χ0n) is 16.1. The SMILES string of the molecule is Cc1ccc(CC(=O)N2CC3CN(Cc4nccn4C)CC3(CO)C2)cc1. The molecular formula is C21H28N4O2. The van der Waals surface area contributed by atoms with Crippen molar-refractivity contribution in [1.82, 2.24) is 19.4 Å². The first-order valence-electron chi connectivity index (χ1n) is 9.62. The molecule has 2 atom stereocenters. The summed E-state index contributed by atoms with van der Waals surface area (Å²) in [5.74, 6) is 1.52. The van der Waals surface area contributed by atoms with Crippen LogP contribution in [-0.2, 0) is 24.8 Å². The summed E-state index contributed by atoms with van der Waals surface area (Å²) in [5, 5.41) is 10.2. The Kier molecular flexibility index (Phi) is 4.78. The van der Waals surface area contributed by atoms with E-state index < -0.39 is 0 Å². The van der Waals surface area contributed by atoms with Gasteiger partial charge in [-0.05, 0) is 18.4 Å². The van der Waals surface area contributed by atoms with E-state index >= 15 is 0 Å². The van der Waals surface area contributed by atoms with Gasteiger partial charge in [0, 0.05) is 51.0 Å². The summed E-state index contributed by atoms with van der Waals surface area (Å²) in [5.41, 5.74) is 2.06. The molecule has 2 saturated heterocycles. The normalized spacial score (nSPS) is 25.1. The predicted molar refractivity (Wildman–Crippen MR) is 103 cm³/mol. The molecule has 2 unspecified atom stereocenters. The summed E-state index contributed by atoms with van der Waals surface area (Å²) in [7, 11) is 2.01. The molecule has 2 aromatic rings. The van der Waals surface area contributed by atoms with Crippen molar-refractivity contribution in [3.63, 3.8) is 0 Å². The fourth-order valence-corrected chi connectivity index (χ4v) is 4.57. The van der Waals surface area contributed by atoms with Gasteiger partial charge in [-0.15, -0.1) is 0 Å². The van der Waals surface area contributed by atoms with Crippen LogP contribution >= 0.6 is 0 Å². The molecule has 0 radical (unpaired) electrons. The van der Waals surface area contributed by atoms with E-state index in [2.05, 4.69) is 16.8 Å². The minimum atomic E-state index is -0.200. The van der Waals surface area contributed by atoms with Gasteiger partial charge in [0.1, 0.15) is 5.82 Å². The summed E-state index contributed by atoms with van der Waals surface area (Å²) in [4.78, 5) is 21.5. The highest BCUT2D eigenvalue weighted by Gasteiger charge is 2.53. The van der Waals surface area contributed by atoms with E-state index in [1.54, 1.807) is 0 Å². The summed E-state index contributed by atoms with van der Waals surface area (Å²) in [6.07, 6.45) is 4.21. The molecule has 4 rings (SSSR count). The van der Waals surface area contributed by atoms with Crippen molar-refractivity contribution in [1.29, 1.82) is 0 Å². The van der Waals surface area contributed by atoms with Gasteiger partial charge in [0.25, 0.3) is 0 Å². The van der Waals surface area contributed by atoms with E-state index in [1.807, 2.05) is 53.2 Å². The fourth-order valence-electron chi connectivity index (χ4n) is 4.57. The molecule has 6 heteroatoms. The van der Waals surface area contributed by atoms with Crippen LogP contribution < -0.4 is 0 Å². The number of carbonyl (C=O) groups is 1. The fraction of sp³-hybridized carbons (Fsp3) is 0.524. The van der Waals surface area contributed by atoms with Crippen LogP contribution in [0.1, 0.15) is 17.0 Å². The molecule has 0 aliphatic carbocycles. The lowest BCUT2D eigenvalue weighted by Gasteiger charge is -2.27. The quantitative estimate of drug-likeness (QED) is 0.862. The smallest absolute Gasteiger partial charge is 0.227 e. The van der Waals surface area contributed by atoms with Crippen molar-refractivity contribution < 1.29 is 9.90 Å². The largest absolute Gasteiger partial charge is 0.396 e. The molecule has 27 heavy (non-hydrogen) atoms. The number of aliphatic hydroxyl groups excluding tert-OH is 1. The Morgan fingerprint density at radius 3 is 2.67 bits per heavy atom. The number of fused-ring (bicyclic) bond motifs is 1. The highest BCUT2D eigenvalue weighted by molar-refractivity contribution is 5.79. The minimum absolute atomic E-state index is 0.128. The van der Waals surface area contributed by atoms with Crippen molar-refractivity contribution in [2.24, 2.45) is 18.4 Å². The number of likely N-dealkylation sites (tertiary alicyclic amines) is 2. The van der Waals surface area contributed by atoms with Gasteiger partial charge >= 0.3 is 0 Å². The molecule has 0 saturated carbocycles. The highest BCUT2D eigenvalue weighted by Crippen LogP contribution is 2.42. The van der Waals surface area contributed by atoms with Gasteiger partial charge in [-0.2, -0.15) is 0 Å². The van der Waals surface area contributed by atoms with Gasteiger partial charge in [-0.3, -0.25) is 9.69 Å². The Morgan fingerprint density at radius 2 is 2.04 bits per heavy atom. The van der Waals surface area contributed by atoms with Crippen molar-refractivity contribution in [3.05, 3.63) is 53.6 Å². The maximum Gasteiger partial charge on any atom is 0.227 e. The lowest BCUT2D eigenvalue weighted by molar-refractivity contribution is -0.130. The number of aliphatic hydroxyl groups is 1. The van der Waals surface area contributed by atoms with E-state index in [9.17, 15) is 9.90 Å². The second-order valence-electron chi connectivity index (χ2n) is 8.28. The third-order valence-corrected chi connectivity index (χ3v) is 6.26. The summed E-state index contributed by atoms with van der Waals surface area (Å²) < 4.78 is 2.04. The van der Waals surface area contributed by atoms with Crippen molar-refractivity contribution >= 4 is 5.91 Å².